The van der Waals surface area contributed by atoms with Gasteiger partial charge >= 0.3 is 0 Å². The van der Waals surface area contributed by atoms with Gasteiger partial charge in [0.2, 0.25) is 0 Å². The quantitative estimate of drug-likeness (QED) is 0.133. The van der Waals surface area contributed by atoms with E-state index in [0.29, 0.717) is 18.6 Å². The van der Waals surface area contributed by atoms with Gasteiger partial charge in [0, 0.05) is 40.6 Å². The van der Waals surface area contributed by atoms with Crippen molar-refractivity contribution in [1.29, 1.82) is 0 Å². The topological polar surface area (TPSA) is 14.2 Å². The molecule has 0 amide bonds. The summed E-state index contributed by atoms with van der Waals surface area (Å²) in [5, 5.41) is 3.98. The number of aromatic nitrogens is 1. The van der Waals surface area contributed by atoms with Gasteiger partial charge in [-0.2, -0.15) is 0 Å². The normalized spacial score (nSPS) is 17.8. The van der Waals surface area contributed by atoms with Gasteiger partial charge in [0.25, 0.3) is 0 Å². The molecule has 2 heterocycles. The van der Waals surface area contributed by atoms with E-state index in [1.165, 1.54) is 51.4 Å². The Morgan fingerprint density at radius 3 is 2.62 bits per heavy atom. The van der Waals surface area contributed by atoms with Crippen molar-refractivity contribution in [2.24, 2.45) is 5.92 Å². The van der Waals surface area contributed by atoms with Gasteiger partial charge in [-0.15, -0.1) is 0 Å². The highest BCUT2D eigenvalue weighted by atomic mass is 35.5. The molecule has 0 saturated carbocycles. The zero-order valence-electron chi connectivity index (χ0n) is 26.5. The van der Waals surface area contributed by atoms with Gasteiger partial charge in [-0.1, -0.05) is 55.6 Å². The summed E-state index contributed by atoms with van der Waals surface area (Å²) >= 11 is 7.14. The Balaban J connectivity index is 1.51. The van der Waals surface area contributed by atoms with Gasteiger partial charge in [-0.25, -0.2) is 4.39 Å². The number of aryl methyl sites for hydroxylation is 2. The van der Waals surface area contributed by atoms with Crippen LogP contribution in [-0.2, 0) is 13.0 Å². The Labute approximate surface area is 256 Å². The van der Waals surface area contributed by atoms with Crippen molar-refractivity contribution in [2.75, 3.05) is 27.2 Å². The van der Waals surface area contributed by atoms with Crippen LogP contribution in [0.3, 0.4) is 0 Å². The van der Waals surface area contributed by atoms with E-state index in [4.69, 9.17) is 16.3 Å². The lowest BCUT2D eigenvalue weighted by Crippen LogP contribution is -2.51. The molecule has 42 heavy (non-hydrogen) atoms. The van der Waals surface area contributed by atoms with E-state index in [1.807, 2.05) is 24.3 Å². The zero-order valence-corrected chi connectivity index (χ0v) is 27.2. The Morgan fingerprint density at radius 2 is 1.86 bits per heavy atom. The Hall–Kier alpha value is -2.82. The molecule has 0 N–H and O–H groups in total. The van der Waals surface area contributed by atoms with Crippen molar-refractivity contribution in [2.45, 2.75) is 79.3 Å². The highest BCUT2D eigenvalue weighted by Gasteiger charge is 2.36. The van der Waals surface area contributed by atoms with Crippen LogP contribution < -0.4 is 4.74 Å². The minimum absolute atomic E-state index is 0.226. The average molecular weight is 590 g/mol. The fourth-order valence-electron chi connectivity index (χ4n) is 6.72. The molecule has 0 aliphatic carbocycles. The third-order valence-corrected chi connectivity index (χ3v) is 10.3. The molecule has 0 saturated heterocycles. The van der Waals surface area contributed by atoms with Crippen LogP contribution in [0.1, 0.15) is 70.2 Å². The number of likely N-dealkylation sites (N-methyl/N-ethyl adjacent to an activating group) is 1. The molecule has 2 atom stereocenters. The third kappa shape index (κ3) is 5.85. The first-order chi connectivity index (χ1) is 20.0. The molecular formula is C37H47ClFN2O+. The maximum absolute atomic E-state index is 13.7. The molecule has 0 fully saturated rings. The van der Waals surface area contributed by atoms with Crippen molar-refractivity contribution in [3.8, 4) is 5.75 Å². The molecule has 5 rings (SSSR count). The summed E-state index contributed by atoms with van der Waals surface area (Å²) in [7, 11) is 4.69. The lowest BCUT2D eigenvalue weighted by molar-refractivity contribution is -0.905. The van der Waals surface area contributed by atoms with E-state index in [9.17, 15) is 4.39 Å². The molecule has 3 aromatic carbocycles. The molecule has 0 bridgehead atoms. The molecule has 2 unspecified atom stereocenters. The second-order valence-corrected chi connectivity index (χ2v) is 13.4. The number of quaternary nitrogens is 1. The number of fused-ring (bicyclic) bond motifs is 2. The molecule has 5 heteroatoms. The second kappa shape index (κ2) is 12.4. The maximum Gasteiger partial charge on any atom is 0.127 e. The van der Waals surface area contributed by atoms with Gasteiger partial charge in [0.15, 0.2) is 0 Å². The molecule has 0 radical (unpaired) electrons. The summed E-state index contributed by atoms with van der Waals surface area (Å²) in [6.07, 6.45) is 5.24. The summed E-state index contributed by atoms with van der Waals surface area (Å²) in [6.45, 7) is 14.3. The molecule has 1 aromatic heterocycles. The van der Waals surface area contributed by atoms with E-state index in [2.05, 4.69) is 65.4 Å². The summed E-state index contributed by atoms with van der Waals surface area (Å²) in [4.78, 5) is 0. The first-order valence-corrected chi connectivity index (χ1v) is 16.0. The standard InChI is InChI=1S/C37H47ClFN2O/c1-8-24(2)18-20-40-26(4)30(12-10-22-42-34-13-9-11-28-23-29(39)14-15-31(28)34)32-16-17-33(38)36(37(32)40)35-25(3)19-21-41(6,7)27(35)5/h9,11,13-17,23-24,27H,8,10,12,18-22H2,1-7H3/q+1. The van der Waals surface area contributed by atoms with Crippen LogP contribution in [-0.4, -0.2) is 42.3 Å². The predicted molar refractivity (Wildman–Crippen MR) is 177 cm³/mol. The van der Waals surface area contributed by atoms with Gasteiger partial charge < -0.3 is 13.8 Å². The largest absolute Gasteiger partial charge is 0.493 e. The molecule has 3 nitrogen and oxygen atoms in total. The van der Waals surface area contributed by atoms with Gasteiger partial charge in [0.05, 0.1) is 37.8 Å². The number of ether oxygens (including phenoxy) is 1. The van der Waals surface area contributed by atoms with Crippen molar-refractivity contribution in [3.63, 3.8) is 0 Å². The average Bonchev–Trinajstić information content (AvgIpc) is 3.23. The number of halogens is 2. The van der Waals surface area contributed by atoms with E-state index in [-0.39, 0.29) is 5.82 Å². The van der Waals surface area contributed by atoms with Crippen molar-refractivity contribution < 1.29 is 13.6 Å². The van der Waals surface area contributed by atoms with Crippen LogP contribution in [0.15, 0.2) is 54.1 Å². The molecule has 1 aliphatic heterocycles. The van der Waals surface area contributed by atoms with Crippen LogP contribution in [0, 0.1) is 18.7 Å². The minimum Gasteiger partial charge on any atom is -0.493 e. The fraction of sp³-hybridized carbons (Fsp3) is 0.459. The van der Waals surface area contributed by atoms with Crippen LogP contribution >= 0.6 is 11.6 Å². The number of rotatable bonds is 10. The summed E-state index contributed by atoms with van der Waals surface area (Å²) < 4.78 is 23.5. The first kappa shape index (κ1) is 30.6. The van der Waals surface area contributed by atoms with Crippen molar-refractivity contribution in [1.82, 2.24) is 4.57 Å². The number of nitrogens with zero attached hydrogens (tertiary/aromatic N) is 2. The van der Waals surface area contributed by atoms with Gasteiger partial charge in [0.1, 0.15) is 17.6 Å². The molecule has 0 spiro atoms. The van der Waals surface area contributed by atoms with Gasteiger partial charge in [-0.3, -0.25) is 0 Å². The minimum atomic E-state index is -0.226. The highest BCUT2D eigenvalue weighted by molar-refractivity contribution is 6.33. The Bertz CT molecular complexity index is 1630. The lowest BCUT2D eigenvalue weighted by atomic mass is 9.86. The van der Waals surface area contributed by atoms with Crippen LogP contribution in [0.5, 0.6) is 5.75 Å². The third-order valence-electron chi connectivity index (χ3n) is 10.00. The summed E-state index contributed by atoms with van der Waals surface area (Å²) in [5.41, 5.74) is 8.17. The number of benzene rings is 3. The summed E-state index contributed by atoms with van der Waals surface area (Å²) in [6, 6.07) is 15.4. The van der Waals surface area contributed by atoms with E-state index < -0.39 is 0 Å². The number of hydrogen-bond donors (Lipinski definition) is 0. The van der Waals surface area contributed by atoms with Gasteiger partial charge in [-0.05, 0) is 87.2 Å². The van der Waals surface area contributed by atoms with Crippen molar-refractivity contribution >= 4 is 38.8 Å². The van der Waals surface area contributed by atoms with E-state index in [0.717, 1.165) is 64.8 Å². The molecule has 4 aromatic rings. The monoisotopic (exact) mass is 589 g/mol. The highest BCUT2D eigenvalue weighted by Crippen LogP contribution is 2.43. The zero-order chi connectivity index (χ0) is 30.2. The fourth-order valence-corrected chi connectivity index (χ4v) is 6.97. The smallest absolute Gasteiger partial charge is 0.127 e. The van der Waals surface area contributed by atoms with Crippen molar-refractivity contribution in [3.05, 3.63) is 81.8 Å². The summed E-state index contributed by atoms with van der Waals surface area (Å²) in [5.74, 6) is 1.25. The van der Waals surface area contributed by atoms with Crippen LogP contribution in [0.2, 0.25) is 5.02 Å². The Morgan fingerprint density at radius 1 is 1.10 bits per heavy atom. The maximum atomic E-state index is 13.7. The SMILES string of the molecule is CCC(C)CCn1c(C)c(CCCOc2cccc3cc(F)ccc23)c2ccc(Cl)c(C3=C(C)CC[N+](C)(C)C3C)c21. The molecule has 224 valence electrons. The second-order valence-electron chi connectivity index (χ2n) is 13.0. The van der Waals surface area contributed by atoms with E-state index in [1.54, 1.807) is 6.07 Å². The molecule has 1 aliphatic rings. The predicted octanol–water partition coefficient (Wildman–Crippen LogP) is 9.99. The van der Waals surface area contributed by atoms with Crippen LogP contribution in [0.25, 0.3) is 27.2 Å². The lowest BCUT2D eigenvalue weighted by Gasteiger charge is -2.42. The van der Waals surface area contributed by atoms with E-state index >= 15 is 0 Å². The molecular weight excluding hydrogens is 543 g/mol. The Kier molecular flexibility index (Phi) is 9.06. The number of hydrogen-bond acceptors (Lipinski definition) is 1. The van der Waals surface area contributed by atoms with Crippen LogP contribution in [0.4, 0.5) is 4.39 Å². The first-order valence-electron chi connectivity index (χ1n) is 15.7.